The Kier molecular flexibility index (Phi) is 3.96. The zero-order chi connectivity index (χ0) is 8.15. The number of allylic oxidation sites excluding steroid dienone is 1. The van der Waals surface area contributed by atoms with Crippen LogP contribution in [0.2, 0.25) is 0 Å². The highest BCUT2D eigenvalue weighted by Gasteiger charge is 2.14. The first-order valence-electron chi connectivity index (χ1n) is 3.44. The Bertz CT molecular complexity index is 136. The van der Waals surface area contributed by atoms with Crippen LogP contribution in [0.15, 0.2) is 12.2 Å². The largest absolute Gasteiger partial charge is 0.385 e. The molecule has 0 radical (unpaired) electrons. The van der Waals surface area contributed by atoms with Crippen LogP contribution < -0.4 is 0 Å². The van der Waals surface area contributed by atoms with E-state index in [0.29, 0.717) is 0 Å². The first-order chi connectivity index (χ1) is 4.59. The van der Waals surface area contributed by atoms with Gasteiger partial charge in [-0.05, 0) is 18.9 Å². The third kappa shape index (κ3) is 2.78. The van der Waals surface area contributed by atoms with Crippen LogP contribution in [-0.2, 0) is 4.79 Å². The van der Waals surface area contributed by atoms with Crippen LogP contribution in [0.25, 0.3) is 0 Å². The van der Waals surface area contributed by atoms with Crippen molar-refractivity contribution in [1.82, 2.24) is 0 Å². The zero-order valence-electron chi connectivity index (χ0n) is 6.66. The van der Waals surface area contributed by atoms with Gasteiger partial charge in [-0.2, -0.15) is 0 Å². The second-order valence-electron chi connectivity index (χ2n) is 2.59. The minimum atomic E-state index is -0.837. The van der Waals surface area contributed by atoms with Crippen LogP contribution in [0.3, 0.4) is 0 Å². The Labute approximate surface area is 61.6 Å². The van der Waals surface area contributed by atoms with E-state index in [4.69, 9.17) is 5.11 Å². The summed E-state index contributed by atoms with van der Waals surface area (Å²) in [6, 6.07) is 0. The molecule has 2 heteroatoms. The van der Waals surface area contributed by atoms with Crippen LogP contribution in [-0.4, -0.2) is 17.0 Å². The van der Waals surface area contributed by atoms with Gasteiger partial charge >= 0.3 is 0 Å². The highest BCUT2D eigenvalue weighted by molar-refractivity contribution is 5.93. The molecule has 0 rings (SSSR count). The lowest BCUT2D eigenvalue weighted by molar-refractivity contribution is -0.124. The Morgan fingerprint density at radius 3 is 2.30 bits per heavy atom. The topological polar surface area (TPSA) is 37.3 Å². The Morgan fingerprint density at radius 1 is 1.50 bits per heavy atom. The molecule has 0 amide bonds. The molecule has 0 heterocycles. The van der Waals surface area contributed by atoms with Gasteiger partial charge in [0, 0.05) is 0 Å². The third-order valence-electron chi connectivity index (χ3n) is 1.25. The summed E-state index contributed by atoms with van der Waals surface area (Å²) in [7, 11) is 0. The van der Waals surface area contributed by atoms with Gasteiger partial charge in [0.1, 0.15) is 6.10 Å². The lowest BCUT2D eigenvalue weighted by Crippen LogP contribution is -2.23. The molecule has 0 spiro atoms. The van der Waals surface area contributed by atoms with Gasteiger partial charge in [0.15, 0.2) is 5.78 Å². The van der Waals surface area contributed by atoms with E-state index in [2.05, 4.69) is 0 Å². The molecule has 0 aliphatic rings. The van der Waals surface area contributed by atoms with Gasteiger partial charge in [-0.1, -0.05) is 19.9 Å². The maximum absolute atomic E-state index is 10.8. The molecule has 0 aliphatic heterocycles. The van der Waals surface area contributed by atoms with Crippen molar-refractivity contribution in [2.45, 2.75) is 26.9 Å². The van der Waals surface area contributed by atoms with Crippen LogP contribution in [0.1, 0.15) is 20.8 Å². The van der Waals surface area contributed by atoms with E-state index in [1.54, 1.807) is 13.0 Å². The summed E-state index contributed by atoms with van der Waals surface area (Å²) in [5.74, 6) is -0.207. The van der Waals surface area contributed by atoms with E-state index in [9.17, 15) is 4.79 Å². The second kappa shape index (κ2) is 4.23. The van der Waals surface area contributed by atoms with Gasteiger partial charge in [-0.15, -0.1) is 0 Å². The molecule has 0 bridgehead atoms. The lowest BCUT2D eigenvalue weighted by atomic mass is 10.0. The minimum Gasteiger partial charge on any atom is -0.385 e. The molecule has 0 aliphatic carbocycles. The van der Waals surface area contributed by atoms with Gasteiger partial charge in [-0.25, -0.2) is 0 Å². The van der Waals surface area contributed by atoms with Crippen molar-refractivity contribution in [1.29, 1.82) is 0 Å². The minimum absolute atomic E-state index is 0.00343. The average molecular weight is 142 g/mol. The number of aliphatic hydroxyl groups excluding tert-OH is 1. The van der Waals surface area contributed by atoms with Crippen molar-refractivity contribution in [2.75, 3.05) is 0 Å². The number of carbonyl (C=O) groups is 1. The normalized spacial score (nSPS) is 14.5. The molecule has 0 fully saturated rings. The number of ketones is 1. The summed E-state index contributed by atoms with van der Waals surface area (Å²) in [5.41, 5.74) is 0. The summed E-state index contributed by atoms with van der Waals surface area (Å²) in [5, 5.41) is 9.13. The SMILES string of the molecule is C/C=C/C(=O)C(O)C(C)C. The number of aliphatic hydroxyl groups is 1. The monoisotopic (exact) mass is 142 g/mol. The summed E-state index contributed by atoms with van der Waals surface area (Å²) in [4.78, 5) is 10.8. The van der Waals surface area contributed by atoms with Crippen molar-refractivity contribution in [2.24, 2.45) is 5.92 Å². The Hall–Kier alpha value is -0.630. The van der Waals surface area contributed by atoms with E-state index in [0.717, 1.165) is 0 Å². The van der Waals surface area contributed by atoms with Crippen molar-refractivity contribution in [3.8, 4) is 0 Å². The summed E-state index contributed by atoms with van der Waals surface area (Å²) < 4.78 is 0. The molecule has 0 aromatic carbocycles. The van der Waals surface area contributed by atoms with E-state index >= 15 is 0 Å². The molecule has 0 aromatic heterocycles. The van der Waals surface area contributed by atoms with E-state index in [1.165, 1.54) is 6.08 Å². The van der Waals surface area contributed by atoms with Crippen molar-refractivity contribution < 1.29 is 9.90 Å². The predicted molar refractivity (Wildman–Crippen MR) is 40.7 cm³/mol. The van der Waals surface area contributed by atoms with Crippen LogP contribution in [0.5, 0.6) is 0 Å². The fraction of sp³-hybridized carbons (Fsp3) is 0.625. The standard InChI is InChI=1S/C8H14O2/c1-4-5-7(9)8(10)6(2)3/h4-6,8,10H,1-3H3/b5-4+. The van der Waals surface area contributed by atoms with Crippen molar-refractivity contribution in [3.05, 3.63) is 12.2 Å². The number of rotatable bonds is 3. The van der Waals surface area contributed by atoms with Crippen LogP contribution in [0, 0.1) is 5.92 Å². The predicted octanol–water partition coefficient (Wildman–Crippen LogP) is 1.15. The van der Waals surface area contributed by atoms with Gasteiger partial charge in [-0.3, -0.25) is 4.79 Å². The summed E-state index contributed by atoms with van der Waals surface area (Å²) in [6.45, 7) is 5.38. The first-order valence-corrected chi connectivity index (χ1v) is 3.44. The van der Waals surface area contributed by atoms with E-state index in [1.807, 2.05) is 13.8 Å². The molecule has 58 valence electrons. The van der Waals surface area contributed by atoms with Gasteiger partial charge in [0.2, 0.25) is 0 Å². The fourth-order valence-corrected chi connectivity index (χ4v) is 0.591. The molecule has 1 unspecified atom stereocenters. The Morgan fingerprint density at radius 2 is 2.00 bits per heavy atom. The Balaban J connectivity index is 3.95. The molecule has 0 saturated carbocycles. The van der Waals surface area contributed by atoms with E-state index in [-0.39, 0.29) is 11.7 Å². The molecule has 1 N–H and O–H groups in total. The number of carbonyl (C=O) groups excluding carboxylic acids is 1. The maximum atomic E-state index is 10.8. The highest BCUT2D eigenvalue weighted by Crippen LogP contribution is 2.02. The molecule has 10 heavy (non-hydrogen) atoms. The maximum Gasteiger partial charge on any atom is 0.184 e. The van der Waals surface area contributed by atoms with Gasteiger partial charge in [0.25, 0.3) is 0 Å². The zero-order valence-corrected chi connectivity index (χ0v) is 6.66. The average Bonchev–Trinajstić information content (AvgIpc) is 1.87. The second-order valence-corrected chi connectivity index (χ2v) is 2.59. The van der Waals surface area contributed by atoms with Crippen molar-refractivity contribution in [3.63, 3.8) is 0 Å². The van der Waals surface area contributed by atoms with Gasteiger partial charge < -0.3 is 5.11 Å². The molecular formula is C8H14O2. The van der Waals surface area contributed by atoms with E-state index < -0.39 is 6.10 Å². The molecule has 0 saturated heterocycles. The van der Waals surface area contributed by atoms with Crippen LogP contribution in [0.4, 0.5) is 0 Å². The summed E-state index contributed by atoms with van der Waals surface area (Å²) in [6.07, 6.45) is 2.19. The summed E-state index contributed by atoms with van der Waals surface area (Å²) >= 11 is 0. The lowest BCUT2D eigenvalue weighted by Gasteiger charge is -2.09. The smallest absolute Gasteiger partial charge is 0.184 e. The number of hydrogen-bond acceptors (Lipinski definition) is 2. The molecule has 2 nitrogen and oxygen atoms in total. The highest BCUT2D eigenvalue weighted by atomic mass is 16.3. The third-order valence-corrected chi connectivity index (χ3v) is 1.25. The number of hydrogen-bond donors (Lipinski definition) is 1. The van der Waals surface area contributed by atoms with Crippen molar-refractivity contribution >= 4 is 5.78 Å². The van der Waals surface area contributed by atoms with Crippen LogP contribution >= 0.6 is 0 Å². The first kappa shape index (κ1) is 9.37. The van der Waals surface area contributed by atoms with Gasteiger partial charge in [0.05, 0.1) is 0 Å². The quantitative estimate of drug-likeness (QED) is 0.600. The molecular weight excluding hydrogens is 128 g/mol. The molecule has 1 atom stereocenters. The fourth-order valence-electron chi connectivity index (χ4n) is 0.591. The molecule has 0 aromatic rings.